The zero-order chi connectivity index (χ0) is 49.7. The number of aromatic nitrogens is 1. The van der Waals surface area contributed by atoms with Crippen molar-refractivity contribution in [2.24, 2.45) is 5.41 Å². The van der Waals surface area contributed by atoms with E-state index < -0.39 is 23.0 Å². The summed E-state index contributed by atoms with van der Waals surface area (Å²) in [5.74, 6) is 0.0599. The summed E-state index contributed by atoms with van der Waals surface area (Å²) in [6.07, 6.45) is 6.30. The molecule has 3 saturated heterocycles. The highest BCUT2D eigenvalue weighted by molar-refractivity contribution is 7.81. The molecule has 0 radical (unpaired) electrons. The quantitative estimate of drug-likeness (QED) is 0.0764. The van der Waals surface area contributed by atoms with E-state index in [-0.39, 0.29) is 35.3 Å². The molecule has 3 fully saturated rings. The number of anilines is 2. The van der Waals surface area contributed by atoms with Gasteiger partial charge in [-0.15, -0.1) is 0 Å². The summed E-state index contributed by atoms with van der Waals surface area (Å²) in [4.78, 5) is 65.6. The molecule has 70 heavy (non-hydrogen) atoms. The Balaban J connectivity index is 0.766. The molecule has 8 rings (SSSR count). The smallest absolute Gasteiger partial charge is 0.259 e. The predicted octanol–water partition coefficient (Wildman–Crippen LogP) is 8.48. The first kappa shape index (κ1) is 50.0. The minimum Gasteiger partial charge on any atom is -0.444 e. The minimum atomic E-state index is -0.946. The monoisotopic (exact) mass is 982 g/mol. The van der Waals surface area contributed by atoms with Gasteiger partial charge in [-0.05, 0) is 129 Å². The van der Waals surface area contributed by atoms with E-state index >= 15 is 0 Å². The molecular formula is C54H59ClN8O6S. The second kappa shape index (κ2) is 21.3. The number of rotatable bonds is 15. The standard InChI is InChI=1S/C54H59ClN8O6S/c1-53(2,3)48(50(66)61-24-6-7-45(61)49(65)58-31-35-8-10-40(11-9-35)46-32-57-34-69-46)59-47(64)33-68-28-27-60-25-22-39(23-26-60)37-14-12-36(13-15-37)38-16-19-42(20-17-38)63-52(70)62(51(67)54(63,4)5)43-21-18-41(30-56)44(55)29-43/h8-21,29,32,34,39,45,48H,6-7,22-28,31,33H2,1-5H3,(H,58,65)(H,59,64)/t45-,48?/m0/s1. The van der Waals surface area contributed by atoms with Crippen molar-refractivity contribution in [1.29, 1.82) is 5.26 Å². The van der Waals surface area contributed by atoms with Crippen molar-refractivity contribution in [2.75, 3.05) is 49.2 Å². The Bertz CT molecular complexity index is 2740. The number of carbonyl (C=O) groups excluding carboxylic acids is 4. The van der Waals surface area contributed by atoms with Crippen LogP contribution >= 0.6 is 23.8 Å². The molecule has 2 atom stereocenters. The van der Waals surface area contributed by atoms with Gasteiger partial charge in [-0.25, -0.2) is 4.98 Å². The van der Waals surface area contributed by atoms with Gasteiger partial charge in [0.05, 0.1) is 29.1 Å². The molecule has 2 N–H and O–H groups in total. The van der Waals surface area contributed by atoms with Crippen LogP contribution in [0.25, 0.3) is 22.5 Å². The van der Waals surface area contributed by atoms with Crippen LogP contribution in [0.2, 0.25) is 5.02 Å². The summed E-state index contributed by atoms with van der Waals surface area (Å²) in [5.41, 5.74) is 5.33. The van der Waals surface area contributed by atoms with Crippen LogP contribution in [0.4, 0.5) is 11.4 Å². The van der Waals surface area contributed by atoms with Crippen LogP contribution in [0.15, 0.2) is 108 Å². The van der Waals surface area contributed by atoms with Crippen molar-refractivity contribution < 1.29 is 28.3 Å². The summed E-state index contributed by atoms with van der Waals surface area (Å²) < 4.78 is 11.2. The topological polar surface area (TPSA) is 164 Å². The highest BCUT2D eigenvalue weighted by atomic mass is 35.5. The molecule has 0 bridgehead atoms. The number of benzene rings is 4. The second-order valence-corrected chi connectivity index (χ2v) is 20.5. The Hall–Kier alpha value is -6.44. The molecule has 364 valence electrons. The highest BCUT2D eigenvalue weighted by Crippen LogP contribution is 2.39. The Morgan fingerprint density at radius 3 is 2.21 bits per heavy atom. The molecular weight excluding hydrogens is 924 g/mol. The van der Waals surface area contributed by atoms with E-state index in [1.54, 1.807) is 29.3 Å². The zero-order valence-electron chi connectivity index (χ0n) is 40.2. The molecule has 1 unspecified atom stereocenters. The number of nitrogens with zero attached hydrogens (tertiary/aromatic N) is 6. The van der Waals surface area contributed by atoms with Crippen molar-refractivity contribution in [3.05, 3.63) is 125 Å². The minimum absolute atomic E-state index is 0.165. The average Bonchev–Trinajstić information content (AvgIpc) is 4.12. The number of likely N-dealkylation sites (tertiary alicyclic amines) is 2. The number of carbonyl (C=O) groups is 4. The van der Waals surface area contributed by atoms with E-state index in [0.717, 1.165) is 53.9 Å². The molecule has 0 saturated carbocycles. The van der Waals surface area contributed by atoms with Gasteiger partial charge in [0.1, 0.15) is 30.3 Å². The molecule has 14 nitrogen and oxygen atoms in total. The number of nitrogens with one attached hydrogen (secondary N) is 2. The normalized spacial score (nSPS) is 18.0. The van der Waals surface area contributed by atoms with Crippen LogP contribution in [0, 0.1) is 16.7 Å². The van der Waals surface area contributed by atoms with Crippen LogP contribution in [0.1, 0.15) is 82.9 Å². The summed E-state index contributed by atoms with van der Waals surface area (Å²) in [6.45, 7) is 12.9. The molecule has 5 aromatic rings. The Kier molecular flexibility index (Phi) is 15.2. The van der Waals surface area contributed by atoms with Crippen molar-refractivity contribution >= 4 is 63.9 Å². The first-order valence-electron chi connectivity index (χ1n) is 23.8. The van der Waals surface area contributed by atoms with E-state index in [9.17, 15) is 24.4 Å². The molecule has 3 aliphatic heterocycles. The number of piperidine rings is 1. The van der Waals surface area contributed by atoms with E-state index in [1.807, 2.05) is 94.1 Å². The van der Waals surface area contributed by atoms with Gasteiger partial charge in [-0.3, -0.25) is 24.1 Å². The molecule has 1 aromatic heterocycles. The van der Waals surface area contributed by atoms with E-state index in [2.05, 4.69) is 44.8 Å². The molecule has 4 heterocycles. The van der Waals surface area contributed by atoms with Crippen molar-refractivity contribution in [1.82, 2.24) is 25.4 Å². The van der Waals surface area contributed by atoms with Crippen LogP contribution in [-0.2, 0) is 30.5 Å². The number of thiocarbonyl (C=S) groups is 1. The maximum atomic E-state index is 14.0. The van der Waals surface area contributed by atoms with E-state index in [1.165, 1.54) is 16.9 Å². The third-order valence-corrected chi connectivity index (χ3v) is 14.3. The fourth-order valence-corrected chi connectivity index (χ4v) is 10.3. The third kappa shape index (κ3) is 11.0. The SMILES string of the molecule is CC(C)(C)C(NC(=O)COCCN1CCC(c2ccc(-c3ccc(N4C(=S)N(c5ccc(C#N)c(Cl)c5)C(=O)C4(C)C)cc3)cc2)CC1)C(=O)N1CCC[C@H]1C(=O)NCc1ccc(-c2cnco2)cc1. The maximum absolute atomic E-state index is 14.0. The van der Waals surface area contributed by atoms with Crippen LogP contribution < -0.4 is 20.4 Å². The van der Waals surface area contributed by atoms with Crippen LogP contribution in [0.3, 0.4) is 0 Å². The molecule has 4 amide bonds. The lowest BCUT2D eigenvalue weighted by molar-refractivity contribution is -0.144. The van der Waals surface area contributed by atoms with Gasteiger partial charge < -0.3 is 34.5 Å². The average molecular weight is 984 g/mol. The lowest BCUT2D eigenvalue weighted by Crippen LogP contribution is -2.58. The van der Waals surface area contributed by atoms with Crippen molar-refractivity contribution in [3.8, 4) is 28.5 Å². The fourth-order valence-electron chi connectivity index (χ4n) is 9.56. The third-order valence-electron chi connectivity index (χ3n) is 13.6. The molecule has 4 aromatic carbocycles. The first-order valence-corrected chi connectivity index (χ1v) is 24.6. The number of amides is 4. The molecule has 3 aliphatic rings. The lowest BCUT2D eigenvalue weighted by Gasteiger charge is -2.35. The Morgan fingerprint density at radius 1 is 0.929 bits per heavy atom. The van der Waals surface area contributed by atoms with Gasteiger partial charge in [0.2, 0.25) is 17.7 Å². The van der Waals surface area contributed by atoms with Crippen LogP contribution in [0.5, 0.6) is 0 Å². The van der Waals surface area contributed by atoms with Crippen LogP contribution in [-0.4, -0.2) is 101 Å². The van der Waals surface area contributed by atoms with Gasteiger partial charge in [0, 0.05) is 30.9 Å². The van der Waals surface area contributed by atoms with E-state index in [4.69, 9.17) is 33.0 Å². The number of nitriles is 1. The molecule has 16 heteroatoms. The predicted molar refractivity (Wildman–Crippen MR) is 274 cm³/mol. The highest BCUT2D eigenvalue weighted by Gasteiger charge is 2.50. The summed E-state index contributed by atoms with van der Waals surface area (Å²) in [6, 6.07) is 29.9. The zero-order valence-corrected chi connectivity index (χ0v) is 41.8. The number of hydrogen-bond donors (Lipinski definition) is 2. The summed E-state index contributed by atoms with van der Waals surface area (Å²) >= 11 is 12.2. The van der Waals surface area contributed by atoms with Crippen molar-refractivity contribution in [2.45, 2.75) is 90.4 Å². The largest absolute Gasteiger partial charge is 0.444 e. The van der Waals surface area contributed by atoms with Gasteiger partial charge in [0.25, 0.3) is 5.91 Å². The maximum Gasteiger partial charge on any atom is 0.259 e. The van der Waals surface area contributed by atoms with Crippen molar-refractivity contribution in [3.63, 3.8) is 0 Å². The first-order chi connectivity index (χ1) is 33.5. The lowest BCUT2D eigenvalue weighted by atomic mass is 9.85. The summed E-state index contributed by atoms with van der Waals surface area (Å²) in [7, 11) is 0. The van der Waals surface area contributed by atoms with Gasteiger partial charge in [-0.2, -0.15) is 5.26 Å². The summed E-state index contributed by atoms with van der Waals surface area (Å²) in [5, 5.41) is 15.8. The number of oxazole rings is 1. The van der Waals surface area contributed by atoms with Gasteiger partial charge in [-0.1, -0.05) is 93.0 Å². The van der Waals surface area contributed by atoms with Gasteiger partial charge in [0.15, 0.2) is 17.3 Å². The molecule has 0 spiro atoms. The van der Waals surface area contributed by atoms with E-state index in [0.29, 0.717) is 67.1 Å². The Labute approximate surface area is 419 Å². The number of halogens is 1. The Morgan fingerprint density at radius 2 is 1.59 bits per heavy atom. The van der Waals surface area contributed by atoms with Gasteiger partial charge >= 0.3 is 0 Å². The second-order valence-electron chi connectivity index (χ2n) is 19.8. The fraction of sp³-hybridized carbons (Fsp3) is 0.389. The molecule has 0 aliphatic carbocycles. The number of ether oxygens (including phenoxy) is 1. The number of hydrogen-bond acceptors (Lipinski definition) is 10.